The van der Waals surface area contributed by atoms with E-state index in [0.717, 1.165) is 11.0 Å². The molecule has 0 aliphatic rings. The first-order chi connectivity index (χ1) is 8.38. The van der Waals surface area contributed by atoms with Gasteiger partial charge in [0.2, 0.25) is 0 Å². The minimum Gasteiger partial charge on any atom is -0.399 e. The van der Waals surface area contributed by atoms with Crippen LogP contribution in [0.2, 0.25) is 0 Å². The van der Waals surface area contributed by atoms with Gasteiger partial charge in [0.1, 0.15) is 5.82 Å². The molecule has 0 amide bonds. The Bertz CT molecular complexity index is 659. The van der Waals surface area contributed by atoms with E-state index in [9.17, 15) is 8.42 Å². The SMILES string of the molecule is CC(C)S(=O)(=O)CCc1nc2ccc(N)cc2[nH]1. The molecule has 0 spiro atoms. The third kappa shape index (κ3) is 2.64. The summed E-state index contributed by atoms with van der Waals surface area (Å²) in [6.07, 6.45) is 0.398. The van der Waals surface area contributed by atoms with Crippen LogP contribution in [-0.4, -0.2) is 29.4 Å². The van der Waals surface area contributed by atoms with Crippen molar-refractivity contribution < 1.29 is 8.42 Å². The molecule has 0 unspecified atom stereocenters. The summed E-state index contributed by atoms with van der Waals surface area (Å²) < 4.78 is 23.4. The highest BCUT2D eigenvalue weighted by molar-refractivity contribution is 7.91. The largest absolute Gasteiger partial charge is 0.399 e. The molecule has 6 heteroatoms. The smallest absolute Gasteiger partial charge is 0.153 e. The van der Waals surface area contributed by atoms with Crippen LogP contribution in [0.4, 0.5) is 5.69 Å². The summed E-state index contributed by atoms with van der Waals surface area (Å²) in [5, 5.41) is -0.350. The Hall–Kier alpha value is -1.56. The lowest BCUT2D eigenvalue weighted by molar-refractivity contribution is 0.586. The van der Waals surface area contributed by atoms with Crippen molar-refractivity contribution >= 4 is 26.6 Å². The van der Waals surface area contributed by atoms with Crippen LogP contribution in [0.3, 0.4) is 0 Å². The molecule has 0 saturated carbocycles. The number of hydrogen-bond donors (Lipinski definition) is 2. The molecule has 3 N–H and O–H groups in total. The standard InChI is InChI=1S/C12H17N3O2S/c1-8(2)18(16,17)6-5-12-14-10-4-3-9(13)7-11(10)15-12/h3-4,7-8H,5-6,13H2,1-2H3,(H,14,15). The molecule has 0 radical (unpaired) electrons. The van der Waals surface area contributed by atoms with Crippen molar-refractivity contribution in [1.82, 2.24) is 9.97 Å². The number of aryl methyl sites for hydroxylation is 1. The molecule has 0 aliphatic carbocycles. The van der Waals surface area contributed by atoms with Crippen LogP contribution >= 0.6 is 0 Å². The highest BCUT2D eigenvalue weighted by atomic mass is 32.2. The predicted octanol–water partition coefficient (Wildman–Crippen LogP) is 1.51. The number of nitrogens with two attached hydrogens (primary N) is 1. The van der Waals surface area contributed by atoms with Crippen molar-refractivity contribution in [3.63, 3.8) is 0 Å². The summed E-state index contributed by atoms with van der Waals surface area (Å²) in [5.74, 6) is 0.791. The maximum atomic E-state index is 11.7. The molecule has 18 heavy (non-hydrogen) atoms. The number of rotatable bonds is 4. The van der Waals surface area contributed by atoms with Gasteiger partial charge >= 0.3 is 0 Å². The molecule has 0 fully saturated rings. The third-order valence-electron chi connectivity index (χ3n) is 2.90. The molecule has 1 aromatic carbocycles. The highest BCUT2D eigenvalue weighted by Crippen LogP contribution is 2.15. The summed E-state index contributed by atoms with van der Waals surface area (Å²) in [6, 6.07) is 5.39. The van der Waals surface area contributed by atoms with Crippen molar-refractivity contribution in [2.45, 2.75) is 25.5 Å². The zero-order chi connectivity index (χ0) is 13.3. The molecule has 2 aromatic rings. The molecule has 0 bridgehead atoms. The van der Waals surface area contributed by atoms with Gasteiger partial charge in [-0.05, 0) is 32.0 Å². The maximum absolute atomic E-state index is 11.7. The number of imidazole rings is 1. The van der Waals surface area contributed by atoms with Crippen molar-refractivity contribution in [2.24, 2.45) is 0 Å². The van der Waals surface area contributed by atoms with E-state index in [0.29, 0.717) is 17.9 Å². The Morgan fingerprint density at radius 2 is 2.11 bits per heavy atom. The van der Waals surface area contributed by atoms with Crippen LogP contribution in [0.25, 0.3) is 11.0 Å². The van der Waals surface area contributed by atoms with Gasteiger partial charge in [-0.2, -0.15) is 0 Å². The van der Waals surface area contributed by atoms with Crippen LogP contribution in [0.1, 0.15) is 19.7 Å². The number of aromatic amines is 1. The van der Waals surface area contributed by atoms with Gasteiger partial charge in [0.15, 0.2) is 9.84 Å². The topological polar surface area (TPSA) is 88.8 Å². The molecule has 0 aliphatic heterocycles. The number of nitrogen functional groups attached to an aromatic ring is 1. The fourth-order valence-corrected chi connectivity index (χ4v) is 2.62. The molecule has 0 atom stereocenters. The second-order valence-electron chi connectivity index (χ2n) is 4.63. The van der Waals surface area contributed by atoms with Gasteiger partial charge < -0.3 is 10.7 Å². The maximum Gasteiger partial charge on any atom is 0.153 e. The monoisotopic (exact) mass is 267 g/mol. The molecule has 98 valence electrons. The van der Waals surface area contributed by atoms with Gasteiger partial charge in [0.25, 0.3) is 0 Å². The fourth-order valence-electron chi connectivity index (χ4n) is 1.67. The number of H-pyrrole nitrogens is 1. The zero-order valence-electron chi connectivity index (χ0n) is 10.5. The molecular weight excluding hydrogens is 250 g/mol. The third-order valence-corrected chi connectivity index (χ3v) is 5.11. The first-order valence-electron chi connectivity index (χ1n) is 5.84. The van der Waals surface area contributed by atoms with Crippen LogP contribution < -0.4 is 5.73 Å². The van der Waals surface area contributed by atoms with Gasteiger partial charge in [-0.1, -0.05) is 0 Å². The Labute approximate surface area is 106 Å². The lowest BCUT2D eigenvalue weighted by atomic mass is 10.3. The van der Waals surface area contributed by atoms with Crippen molar-refractivity contribution in [2.75, 3.05) is 11.5 Å². The van der Waals surface area contributed by atoms with Gasteiger partial charge in [0, 0.05) is 12.1 Å². The molecule has 0 saturated heterocycles. The average Bonchev–Trinajstić information content (AvgIpc) is 2.68. The van der Waals surface area contributed by atoms with Gasteiger partial charge in [-0.25, -0.2) is 13.4 Å². The summed E-state index contributed by atoms with van der Waals surface area (Å²) in [5.41, 5.74) is 7.98. The molecule has 5 nitrogen and oxygen atoms in total. The second-order valence-corrected chi connectivity index (χ2v) is 7.30. The van der Waals surface area contributed by atoms with Gasteiger partial charge in [-0.3, -0.25) is 0 Å². The lowest BCUT2D eigenvalue weighted by Crippen LogP contribution is -2.19. The van der Waals surface area contributed by atoms with E-state index in [1.165, 1.54) is 0 Å². The minimum atomic E-state index is -3.03. The summed E-state index contributed by atoms with van der Waals surface area (Å²) >= 11 is 0. The Morgan fingerprint density at radius 3 is 2.78 bits per heavy atom. The summed E-state index contributed by atoms with van der Waals surface area (Å²) in [7, 11) is -3.03. The summed E-state index contributed by atoms with van der Waals surface area (Å²) in [4.78, 5) is 7.43. The molecular formula is C12H17N3O2S. The quantitative estimate of drug-likeness (QED) is 0.822. The van der Waals surface area contributed by atoms with E-state index >= 15 is 0 Å². The van der Waals surface area contributed by atoms with Crippen LogP contribution in [0.15, 0.2) is 18.2 Å². The number of nitrogens with one attached hydrogen (secondary N) is 1. The number of nitrogens with zero attached hydrogens (tertiary/aromatic N) is 1. The van der Waals surface area contributed by atoms with E-state index < -0.39 is 9.84 Å². The zero-order valence-corrected chi connectivity index (χ0v) is 11.3. The van der Waals surface area contributed by atoms with Crippen molar-refractivity contribution in [3.05, 3.63) is 24.0 Å². The lowest BCUT2D eigenvalue weighted by Gasteiger charge is -2.05. The fraction of sp³-hybridized carbons (Fsp3) is 0.417. The van der Waals surface area contributed by atoms with Crippen LogP contribution in [0.5, 0.6) is 0 Å². The molecule has 2 rings (SSSR count). The van der Waals surface area contributed by atoms with Crippen molar-refractivity contribution in [1.29, 1.82) is 0 Å². The van der Waals surface area contributed by atoms with E-state index in [4.69, 9.17) is 5.73 Å². The molecule has 1 heterocycles. The number of hydrogen-bond acceptors (Lipinski definition) is 4. The second kappa shape index (κ2) is 4.61. The Kier molecular flexibility index (Phi) is 3.30. The van der Waals surface area contributed by atoms with Gasteiger partial charge in [0.05, 0.1) is 22.0 Å². The van der Waals surface area contributed by atoms with E-state index in [-0.39, 0.29) is 11.0 Å². The van der Waals surface area contributed by atoms with Crippen molar-refractivity contribution in [3.8, 4) is 0 Å². The Balaban J connectivity index is 2.18. The predicted molar refractivity (Wildman–Crippen MR) is 73.1 cm³/mol. The number of benzene rings is 1. The highest BCUT2D eigenvalue weighted by Gasteiger charge is 2.16. The minimum absolute atomic E-state index is 0.111. The first-order valence-corrected chi connectivity index (χ1v) is 7.56. The van der Waals surface area contributed by atoms with E-state index in [1.807, 2.05) is 6.07 Å². The Morgan fingerprint density at radius 1 is 1.39 bits per heavy atom. The normalized spacial score (nSPS) is 12.4. The summed E-state index contributed by atoms with van der Waals surface area (Å²) in [6.45, 7) is 3.38. The molecule has 1 aromatic heterocycles. The van der Waals surface area contributed by atoms with E-state index in [2.05, 4.69) is 9.97 Å². The number of fused-ring (bicyclic) bond motifs is 1. The number of anilines is 1. The van der Waals surface area contributed by atoms with Gasteiger partial charge in [-0.15, -0.1) is 0 Å². The van der Waals surface area contributed by atoms with Crippen LogP contribution in [0, 0.1) is 0 Å². The van der Waals surface area contributed by atoms with Crippen LogP contribution in [-0.2, 0) is 16.3 Å². The van der Waals surface area contributed by atoms with E-state index in [1.54, 1.807) is 26.0 Å². The number of sulfone groups is 1. The average molecular weight is 267 g/mol. The first kappa shape index (κ1) is 12.9. The number of aromatic nitrogens is 2.